The molecule has 0 radical (unpaired) electrons. The molecule has 1 aromatic carbocycles. The second-order valence-corrected chi connectivity index (χ2v) is 6.47. The van der Waals surface area contributed by atoms with Gasteiger partial charge in [-0.2, -0.15) is 0 Å². The van der Waals surface area contributed by atoms with Crippen LogP contribution in [-0.4, -0.2) is 41.9 Å². The molecule has 0 spiro atoms. The maximum absolute atomic E-state index is 12.5. The van der Waals surface area contributed by atoms with Crippen LogP contribution < -0.4 is 10.5 Å². The van der Waals surface area contributed by atoms with E-state index in [2.05, 4.69) is 4.90 Å². The summed E-state index contributed by atoms with van der Waals surface area (Å²) in [4.78, 5) is 14.7. The summed E-state index contributed by atoms with van der Waals surface area (Å²) in [6, 6.07) is 7.17. The van der Waals surface area contributed by atoms with Crippen LogP contribution in [0.4, 0.5) is 0 Å². The predicted octanol–water partition coefficient (Wildman–Crippen LogP) is 3.43. The lowest BCUT2D eigenvalue weighted by atomic mass is 10.0. The zero-order chi connectivity index (χ0) is 16.7. The predicted molar refractivity (Wildman–Crippen MR) is 94.2 cm³/mol. The number of para-hydroxylation sites is 1. The Bertz CT molecular complexity index is 504. The molecule has 5 heteroatoms. The molecule has 0 bridgehead atoms. The lowest BCUT2D eigenvalue weighted by molar-refractivity contribution is 0.0968. The highest BCUT2D eigenvalue weighted by Crippen LogP contribution is 2.22. The molecule has 0 aliphatic carbocycles. The number of piperidine rings is 1. The third-order valence-corrected chi connectivity index (χ3v) is 4.88. The van der Waals surface area contributed by atoms with Gasteiger partial charge in [0.1, 0.15) is 11.3 Å². The summed E-state index contributed by atoms with van der Waals surface area (Å²) in [7, 11) is 0. The maximum Gasteiger partial charge on any atom is 0.166 e. The fraction of sp³-hybridized carbons (Fsp3) is 0.611. The topological polar surface area (TPSA) is 55.6 Å². The number of halogens is 1. The number of carbonyl (C=O) groups excluding carboxylic acids is 1. The first-order chi connectivity index (χ1) is 11.1. The molecule has 128 valence electrons. The van der Waals surface area contributed by atoms with E-state index in [-0.39, 0.29) is 17.3 Å². The van der Waals surface area contributed by atoms with E-state index in [0.717, 1.165) is 13.1 Å². The fourth-order valence-corrected chi connectivity index (χ4v) is 3.31. The van der Waals surface area contributed by atoms with Gasteiger partial charge in [0.15, 0.2) is 5.78 Å². The van der Waals surface area contributed by atoms with Crippen molar-refractivity contribution in [3.63, 3.8) is 0 Å². The van der Waals surface area contributed by atoms with Crippen LogP contribution in [0.2, 0.25) is 0 Å². The summed E-state index contributed by atoms with van der Waals surface area (Å²) < 4.78 is 5.52. The Labute approximate surface area is 143 Å². The van der Waals surface area contributed by atoms with E-state index >= 15 is 0 Å². The van der Waals surface area contributed by atoms with E-state index in [1.165, 1.54) is 19.3 Å². The summed E-state index contributed by atoms with van der Waals surface area (Å²) >= 11 is 6.49. The minimum absolute atomic E-state index is 0.0620. The van der Waals surface area contributed by atoms with Gasteiger partial charge in [-0.05, 0) is 51.4 Å². The van der Waals surface area contributed by atoms with Crippen molar-refractivity contribution < 1.29 is 9.53 Å². The maximum atomic E-state index is 12.5. The molecule has 23 heavy (non-hydrogen) atoms. The summed E-state index contributed by atoms with van der Waals surface area (Å²) in [6.07, 6.45) is 4.60. The van der Waals surface area contributed by atoms with Crippen molar-refractivity contribution in [1.29, 1.82) is 0 Å². The summed E-state index contributed by atoms with van der Waals surface area (Å²) in [5.74, 6) is 0.707. The molecule has 0 amide bonds. The van der Waals surface area contributed by atoms with E-state index in [4.69, 9.17) is 22.1 Å². The number of likely N-dealkylation sites (tertiary alicyclic amines) is 1. The molecular weight excluding hydrogens is 312 g/mol. The number of hydrogen-bond donors (Lipinski definition) is 1. The quantitative estimate of drug-likeness (QED) is 0.448. The fourth-order valence-electron chi connectivity index (χ4n) is 2.98. The van der Waals surface area contributed by atoms with Crippen LogP contribution >= 0.6 is 11.6 Å². The van der Waals surface area contributed by atoms with E-state index < -0.39 is 0 Å². The number of ether oxygens (including phenoxy) is 1. The van der Waals surface area contributed by atoms with Crippen molar-refractivity contribution in [2.75, 3.05) is 19.7 Å². The van der Waals surface area contributed by atoms with E-state index in [0.29, 0.717) is 30.8 Å². The first-order valence-electron chi connectivity index (χ1n) is 8.52. The van der Waals surface area contributed by atoms with Crippen molar-refractivity contribution in [3.8, 4) is 5.75 Å². The average Bonchev–Trinajstić information content (AvgIpc) is 2.60. The van der Waals surface area contributed by atoms with Crippen molar-refractivity contribution in [2.24, 2.45) is 5.73 Å². The number of carbonyl (C=O) groups is 1. The summed E-state index contributed by atoms with van der Waals surface area (Å²) in [6.45, 7) is 4.46. The molecule has 2 unspecified atom stereocenters. The number of Topliss-reactive ketones (excluding diaryl/α,β-unsaturated/α-hetero) is 1. The summed E-state index contributed by atoms with van der Waals surface area (Å²) in [5.41, 5.74) is 6.65. The highest BCUT2D eigenvalue weighted by Gasteiger charge is 2.25. The zero-order valence-corrected chi connectivity index (χ0v) is 14.6. The Kier molecular flexibility index (Phi) is 7.34. The van der Waals surface area contributed by atoms with Gasteiger partial charge in [0.25, 0.3) is 0 Å². The van der Waals surface area contributed by atoms with Crippen molar-refractivity contribution in [1.82, 2.24) is 4.90 Å². The van der Waals surface area contributed by atoms with Gasteiger partial charge >= 0.3 is 0 Å². The SMILES string of the molecule is CCOc1ccccc1C(=O)CCC(N)C(Cl)N1CCCCC1. The highest BCUT2D eigenvalue weighted by molar-refractivity contribution is 6.20. The first kappa shape index (κ1) is 18.2. The Hall–Kier alpha value is -1.10. The van der Waals surface area contributed by atoms with Crippen molar-refractivity contribution in [2.45, 2.75) is 50.6 Å². The molecular formula is C18H27ClN2O2. The molecule has 2 atom stereocenters. The first-order valence-corrected chi connectivity index (χ1v) is 8.96. The minimum Gasteiger partial charge on any atom is -0.493 e. The molecule has 1 heterocycles. The van der Waals surface area contributed by atoms with E-state index in [9.17, 15) is 4.79 Å². The van der Waals surface area contributed by atoms with Crippen LogP contribution in [0.1, 0.15) is 49.4 Å². The molecule has 4 nitrogen and oxygen atoms in total. The molecule has 1 fully saturated rings. The van der Waals surface area contributed by atoms with E-state index in [1.807, 2.05) is 31.2 Å². The average molecular weight is 339 g/mol. The van der Waals surface area contributed by atoms with Gasteiger partial charge < -0.3 is 10.5 Å². The lowest BCUT2D eigenvalue weighted by Crippen LogP contribution is -2.46. The second kappa shape index (κ2) is 9.26. The van der Waals surface area contributed by atoms with Gasteiger partial charge in [-0.3, -0.25) is 9.69 Å². The summed E-state index contributed by atoms with van der Waals surface area (Å²) in [5, 5.41) is 0. The number of rotatable bonds is 8. The Morgan fingerprint density at radius 2 is 2.00 bits per heavy atom. The third-order valence-electron chi connectivity index (χ3n) is 4.28. The Balaban J connectivity index is 1.88. The molecule has 2 N–H and O–H groups in total. The van der Waals surface area contributed by atoms with Crippen LogP contribution in [0.25, 0.3) is 0 Å². The number of ketones is 1. The zero-order valence-electron chi connectivity index (χ0n) is 13.8. The third kappa shape index (κ3) is 5.20. The molecule has 1 aliphatic rings. The lowest BCUT2D eigenvalue weighted by Gasteiger charge is -2.33. The van der Waals surface area contributed by atoms with Gasteiger partial charge in [-0.15, -0.1) is 11.6 Å². The normalized spacial score (nSPS) is 18.4. The number of hydrogen-bond acceptors (Lipinski definition) is 4. The molecule has 1 aliphatic heterocycles. The largest absolute Gasteiger partial charge is 0.493 e. The number of alkyl halides is 1. The van der Waals surface area contributed by atoms with Crippen LogP contribution in [-0.2, 0) is 0 Å². The van der Waals surface area contributed by atoms with Gasteiger partial charge in [0, 0.05) is 12.5 Å². The van der Waals surface area contributed by atoms with E-state index in [1.54, 1.807) is 0 Å². The second-order valence-electron chi connectivity index (χ2n) is 6.02. The van der Waals surface area contributed by atoms with Crippen LogP contribution in [0.3, 0.4) is 0 Å². The van der Waals surface area contributed by atoms with Crippen molar-refractivity contribution >= 4 is 17.4 Å². The minimum atomic E-state index is -0.196. The standard InChI is InChI=1S/C18H27ClN2O2/c1-2-23-17-9-5-4-8-14(17)16(22)11-10-15(20)18(19)21-12-6-3-7-13-21/h4-5,8-9,15,18H,2-3,6-7,10-13,20H2,1H3. The van der Waals surface area contributed by atoms with Crippen LogP contribution in [0, 0.1) is 0 Å². The van der Waals surface area contributed by atoms with Gasteiger partial charge in [0.05, 0.1) is 12.2 Å². The number of benzene rings is 1. The van der Waals surface area contributed by atoms with Crippen LogP contribution in [0.5, 0.6) is 5.75 Å². The molecule has 1 aromatic rings. The number of nitrogens with two attached hydrogens (primary N) is 1. The Morgan fingerprint density at radius 1 is 1.30 bits per heavy atom. The molecule has 0 aromatic heterocycles. The smallest absolute Gasteiger partial charge is 0.166 e. The molecule has 2 rings (SSSR count). The Morgan fingerprint density at radius 3 is 2.70 bits per heavy atom. The molecule has 0 saturated carbocycles. The van der Waals surface area contributed by atoms with Crippen molar-refractivity contribution in [3.05, 3.63) is 29.8 Å². The molecule has 1 saturated heterocycles. The van der Waals surface area contributed by atoms with Gasteiger partial charge in [0.2, 0.25) is 0 Å². The monoisotopic (exact) mass is 338 g/mol. The van der Waals surface area contributed by atoms with Crippen LogP contribution in [0.15, 0.2) is 24.3 Å². The van der Waals surface area contributed by atoms with Gasteiger partial charge in [-0.1, -0.05) is 18.6 Å². The highest BCUT2D eigenvalue weighted by atomic mass is 35.5. The number of nitrogens with zero attached hydrogens (tertiary/aromatic N) is 1. The van der Waals surface area contributed by atoms with Gasteiger partial charge in [-0.25, -0.2) is 0 Å².